The van der Waals surface area contributed by atoms with Crippen LogP contribution in [-0.2, 0) is 22.9 Å². The number of methoxy groups -OCH3 is 2. The summed E-state index contributed by atoms with van der Waals surface area (Å²) in [7, 11) is -0.383. The van der Waals surface area contributed by atoms with E-state index in [9.17, 15) is 8.42 Å². The fourth-order valence-electron chi connectivity index (χ4n) is 4.92. The third-order valence-corrected chi connectivity index (χ3v) is 9.08. The van der Waals surface area contributed by atoms with Gasteiger partial charge in [-0.15, -0.1) is 0 Å². The molecule has 33 heavy (non-hydrogen) atoms. The van der Waals surface area contributed by atoms with Gasteiger partial charge in [0.2, 0.25) is 10.0 Å². The molecule has 0 fully saturated rings. The van der Waals surface area contributed by atoms with Crippen LogP contribution in [0.1, 0.15) is 42.0 Å². The molecule has 2 aromatic carbocycles. The summed E-state index contributed by atoms with van der Waals surface area (Å²) in [6.45, 7) is 2.22. The van der Waals surface area contributed by atoms with Crippen LogP contribution < -0.4 is 14.2 Å². The molecule has 0 spiro atoms. The van der Waals surface area contributed by atoms with Crippen molar-refractivity contribution in [1.82, 2.24) is 9.62 Å². The molecule has 1 aliphatic carbocycles. The normalized spacial score (nSPS) is 17.8. The minimum Gasteiger partial charge on any atom is -0.493 e. The Balaban J connectivity index is 1.34. The maximum Gasteiger partial charge on any atom is 0.242 e. The highest BCUT2D eigenvalue weighted by Crippen LogP contribution is 2.48. The summed E-state index contributed by atoms with van der Waals surface area (Å²) in [5, 5.41) is 0.417. The van der Waals surface area contributed by atoms with E-state index in [1.54, 1.807) is 14.2 Å². The van der Waals surface area contributed by atoms with E-state index in [2.05, 4.69) is 15.7 Å². The highest BCUT2D eigenvalue weighted by molar-refractivity contribution is 7.89. The van der Waals surface area contributed by atoms with Crippen molar-refractivity contribution in [3.63, 3.8) is 0 Å². The predicted octanol–water partition coefficient (Wildman–Crippen LogP) is 5.27. The largest absolute Gasteiger partial charge is 0.493 e. The van der Waals surface area contributed by atoms with E-state index >= 15 is 0 Å². The zero-order valence-electron chi connectivity index (χ0n) is 18.6. The third-order valence-electron chi connectivity index (χ3n) is 6.44. The second-order valence-corrected chi connectivity index (χ2v) is 11.3. The van der Waals surface area contributed by atoms with Gasteiger partial charge in [-0.3, -0.25) is 4.90 Å². The number of nitrogens with zero attached hydrogens (tertiary/aromatic N) is 1. The molecule has 0 saturated heterocycles. The zero-order chi connectivity index (χ0) is 23.8. The maximum absolute atomic E-state index is 12.6. The lowest BCUT2D eigenvalue weighted by Crippen LogP contribution is -2.35. The monoisotopic (exact) mass is 532 g/mol. The van der Waals surface area contributed by atoms with Crippen molar-refractivity contribution in [3.8, 4) is 11.5 Å². The Morgan fingerprint density at radius 1 is 1.03 bits per heavy atom. The topological polar surface area (TPSA) is 67.9 Å². The lowest BCUT2D eigenvalue weighted by molar-refractivity contribution is 0.182. The predicted molar refractivity (Wildman–Crippen MR) is 132 cm³/mol. The van der Waals surface area contributed by atoms with Gasteiger partial charge in [-0.25, -0.2) is 13.1 Å². The molecule has 6 nitrogen and oxygen atoms in total. The Kier molecular flexibility index (Phi) is 7.68. The van der Waals surface area contributed by atoms with Gasteiger partial charge in [0.25, 0.3) is 0 Å². The van der Waals surface area contributed by atoms with Gasteiger partial charge >= 0.3 is 0 Å². The smallest absolute Gasteiger partial charge is 0.242 e. The first-order valence-electron chi connectivity index (χ1n) is 10.9. The number of unbranched alkanes of at least 4 members (excludes halogenated alkanes) is 1. The van der Waals surface area contributed by atoms with Crippen LogP contribution in [0.5, 0.6) is 11.5 Å². The molecular weight excluding hydrogens is 507 g/mol. The van der Waals surface area contributed by atoms with Crippen molar-refractivity contribution in [3.05, 3.63) is 50.0 Å². The van der Waals surface area contributed by atoms with E-state index in [-0.39, 0.29) is 20.0 Å². The van der Waals surface area contributed by atoms with Crippen LogP contribution in [-0.4, -0.2) is 47.2 Å². The molecule has 1 atom stereocenters. The summed E-state index contributed by atoms with van der Waals surface area (Å²) < 4.78 is 39.0. The van der Waals surface area contributed by atoms with Crippen molar-refractivity contribution in [2.45, 2.75) is 43.0 Å². The Bertz CT molecular complexity index is 1160. The minimum absolute atomic E-state index is 0.0491. The van der Waals surface area contributed by atoms with Gasteiger partial charge in [0.15, 0.2) is 11.5 Å². The van der Waals surface area contributed by atoms with Crippen molar-refractivity contribution in [2.24, 2.45) is 0 Å². The van der Waals surface area contributed by atoms with Crippen molar-refractivity contribution < 1.29 is 17.9 Å². The summed E-state index contributed by atoms with van der Waals surface area (Å²) in [6, 6.07) is 5.13. The molecule has 1 N–H and O–H groups in total. The quantitative estimate of drug-likeness (QED) is 0.351. The highest BCUT2D eigenvalue weighted by Gasteiger charge is 2.36. The van der Waals surface area contributed by atoms with Crippen LogP contribution in [0.2, 0.25) is 15.1 Å². The second-order valence-electron chi connectivity index (χ2n) is 8.31. The summed E-state index contributed by atoms with van der Waals surface area (Å²) in [6.07, 6.45) is 4.61. The van der Waals surface area contributed by atoms with E-state index in [1.807, 2.05) is 0 Å². The summed E-state index contributed by atoms with van der Waals surface area (Å²) in [4.78, 5) is 2.45. The Morgan fingerprint density at radius 3 is 2.52 bits per heavy atom. The van der Waals surface area contributed by atoms with Crippen LogP contribution in [0.4, 0.5) is 0 Å². The van der Waals surface area contributed by atoms with E-state index in [4.69, 9.17) is 44.3 Å². The van der Waals surface area contributed by atoms with Crippen molar-refractivity contribution in [2.75, 3.05) is 33.9 Å². The average molecular weight is 534 g/mol. The molecule has 4 rings (SSSR count). The van der Waals surface area contributed by atoms with E-state index in [0.717, 1.165) is 50.3 Å². The first kappa shape index (κ1) is 24.9. The molecule has 1 aliphatic heterocycles. The summed E-state index contributed by atoms with van der Waals surface area (Å²) >= 11 is 17.9. The number of hydrogen-bond donors (Lipinski definition) is 1. The number of benzene rings is 2. The van der Waals surface area contributed by atoms with Gasteiger partial charge < -0.3 is 9.47 Å². The molecule has 2 aliphatic rings. The number of halogens is 3. The molecule has 2 aromatic rings. The number of nitrogens with one attached hydrogen (secondary N) is 1. The maximum atomic E-state index is 12.6. The lowest BCUT2D eigenvalue weighted by atomic mass is 9.92. The zero-order valence-corrected chi connectivity index (χ0v) is 21.7. The molecule has 0 aromatic heterocycles. The molecule has 0 saturated carbocycles. The number of sulfonamides is 1. The Morgan fingerprint density at radius 2 is 1.79 bits per heavy atom. The molecule has 0 radical (unpaired) electrons. The number of hydrogen-bond acceptors (Lipinski definition) is 5. The number of rotatable bonds is 9. The molecule has 1 heterocycles. The van der Waals surface area contributed by atoms with Gasteiger partial charge in [-0.05, 0) is 68.0 Å². The second kappa shape index (κ2) is 10.2. The standard InChI is InChI=1S/C23H27Cl3N2O4S/c1-31-20-11-14-7-10-28(19-6-5-15(22(14)19)23(20)32-2)9-4-3-8-27-33(29,30)21-13-17(25)16(24)12-18(21)26/h11-13,19,27H,3-10H2,1-2H3. The summed E-state index contributed by atoms with van der Waals surface area (Å²) in [5.74, 6) is 1.67. The third kappa shape index (κ3) is 4.95. The van der Waals surface area contributed by atoms with E-state index in [0.29, 0.717) is 19.0 Å². The number of ether oxygens (including phenoxy) is 2. The van der Waals surface area contributed by atoms with Crippen LogP contribution in [0, 0.1) is 0 Å². The first-order valence-corrected chi connectivity index (χ1v) is 13.5. The molecule has 1 unspecified atom stereocenters. The van der Waals surface area contributed by atoms with Gasteiger partial charge in [0, 0.05) is 24.7 Å². The van der Waals surface area contributed by atoms with Gasteiger partial charge in [-0.2, -0.15) is 0 Å². The van der Waals surface area contributed by atoms with Gasteiger partial charge in [-0.1, -0.05) is 34.8 Å². The molecule has 180 valence electrons. The molecule has 0 bridgehead atoms. The fourth-order valence-corrected chi connectivity index (χ4v) is 7.00. The average Bonchev–Trinajstić information content (AvgIpc) is 3.23. The Hall–Kier alpha value is -1.22. The highest BCUT2D eigenvalue weighted by atomic mass is 35.5. The Labute approximate surface area is 210 Å². The van der Waals surface area contributed by atoms with Crippen LogP contribution in [0.25, 0.3) is 0 Å². The van der Waals surface area contributed by atoms with Crippen LogP contribution >= 0.6 is 34.8 Å². The van der Waals surface area contributed by atoms with Crippen LogP contribution in [0.15, 0.2) is 23.1 Å². The van der Waals surface area contributed by atoms with Crippen molar-refractivity contribution in [1.29, 1.82) is 0 Å². The van der Waals surface area contributed by atoms with Crippen molar-refractivity contribution >= 4 is 44.8 Å². The van der Waals surface area contributed by atoms with E-state index < -0.39 is 10.0 Å². The fraction of sp³-hybridized carbons (Fsp3) is 0.478. The molecule has 10 heteroatoms. The molecule has 0 amide bonds. The molecular formula is C23H27Cl3N2O4S. The van der Waals surface area contributed by atoms with Gasteiger partial charge in [0.05, 0.1) is 29.3 Å². The lowest BCUT2D eigenvalue weighted by Gasteiger charge is -2.35. The first-order chi connectivity index (χ1) is 15.8. The van der Waals surface area contributed by atoms with E-state index in [1.165, 1.54) is 28.8 Å². The van der Waals surface area contributed by atoms with Crippen LogP contribution in [0.3, 0.4) is 0 Å². The van der Waals surface area contributed by atoms with Gasteiger partial charge in [0.1, 0.15) is 4.90 Å². The minimum atomic E-state index is -3.76. The SMILES string of the molecule is COc1cc2c3c(c1OC)CCC3N(CCCCNS(=O)(=O)c1cc(Cl)c(Cl)cc1Cl)CC2. The summed E-state index contributed by atoms with van der Waals surface area (Å²) in [5.41, 5.74) is 4.02.